The van der Waals surface area contributed by atoms with Crippen LogP contribution in [0.4, 0.5) is 0 Å². The quantitative estimate of drug-likeness (QED) is 0.0194. The van der Waals surface area contributed by atoms with Gasteiger partial charge in [-0.2, -0.15) is 25.3 Å². The molecule has 106 heavy (non-hydrogen) atoms. The summed E-state index contributed by atoms with van der Waals surface area (Å²) in [4.78, 5) is 190. The summed E-state index contributed by atoms with van der Waals surface area (Å²) in [6, 6.07) is 16.8. The molecule has 2 aromatic heterocycles. The molecule has 12 amide bonds. The van der Waals surface area contributed by atoms with Crippen molar-refractivity contribution in [1.29, 1.82) is 0 Å². The number of phenols is 1. The van der Waals surface area contributed by atoms with Gasteiger partial charge in [0.2, 0.25) is 70.9 Å². The number of amides is 12. The highest BCUT2D eigenvalue weighted by molar-refractivity contribution is 7.80. The monoisotopic (exact) mass is 1500 g/mol. The van der Waals surface area contributed by atoms with Crippen LogP contribution in [-0.2, 0) is 94.4 Å². The number of nitrogens with one attached hydrogen (secondary N) is 13. The molecule has 0 saturated carbocycles. The summed E-state index contributed by atoms with van der Waals surface area (Å²) in [5, 5.41) is 61.4. The van der Waals surface area contributed by atoms with Gasteiger partial charge in [0.05, 0.1) is 31.4 Å². The molecule has 2 heterocycles. The summed E-state index contributed by atoms with van der Waals surface area (Å²) in [6.45, 7) is 5.05. The first-order chi connectivity index (χ1) is 50.5. The number of nitrogens with two attached hydrogens (primary N) is 2. The van der Waals surface area contributed by atoms with Gasteiger partial charge in [-0.15, -0.1) is 0 Å². The van der Waals surface area contributed by atoms with E-state index < -0.39 is 174 Å². The predicted molar refractivity (Wildman–Crippen MR) is 396 cm³/mol. The van der Waals surface area contributed by atoms with E-state index in [1.807, 2.05) is 18.2 Å². The number of para-hydroxylation sites is 1. The Bertz CT molecular complexity index is 4260. The maximum absolute atomic E-state index is 15.2. The van der Waals surface area contributed by atoms with Gasteiger partial charge in [-0.25, -0.2) is 4.98 Å². The zero-order chi connectivity index (χ0) is 77.3. The van der Waals surface area contributed by atoms with Crippen molar-refractivity contribution in [2.45, 2.75) is 139 Å². The Morgan fingerprint density at radius 3 is 1.56 bits per heavy atom. The smallest absolute Gasteiger partial charge is 0.305 e. The number of hydrogen-bond donors (Lipinski definition) is 20. The van der Waals surface area contributed by atoms with Crippen LogP contribution in [0.1, 0.15) is 62.1 Å². The van der Waals surface area contributed by atoms with E-state index in [4.69, 9.17) is 11.5 Å². The number of carbonyl (C=O) groups is 13. The number of aliphatic carboxylic acids is 1. The number of aromatic hydroxyl groups is 1. The SMILES string of the molecule is CC(C)[C@H](NC(=O)[C@H](Cc1ccc2ccccc2c1)NC(=O)[C@H](CC(=O)O)NC(=O)[C@H](C)NC(=O)[C@@H](N)CS)C(=O)N[C@@H](CS)C(=O)N[C@@H](Cc1ccc(O)cc1)C(=O)N[C@@H](Cc1c[nH]c2ccccc12)C(=O)N[C@@H](Cc1cnc[nH]1)C(=O)N[C@H](C(=O)N[C@@H](Cc1ccccc1)C(=O)NCC(N)=O)[C@@H](C)O. The summed E-state index contributed by atoms with van der Waals surface area (Å²) < 4.78 is 0. The number of carboxylic acids is 1. The minimum atomic E-state index is -1.81. The van der Waals surface area contributed by atoms with Crippen LogP contribution in [0.15, 0.2) is 140 Å². The fourth-order valence-electron chi connectivity index (χ4n) is 11.2. The van der Waals surface area contributed by atoms with Gasteiger partial charge >= 0.3 is 5.97 Å². The zero-order valence-corrected chi connectivity index (χ0v) is 60.1. The number of H-pyrrole nitrogens is 2. The van der Waals surface area contributed by atoms with Gasteiger partial charge in [0, 0.05) is 72.6 Å². The third-order valence-corrected chi connectivity index (χ3v) is 17.8. The molecule has 0 aliphatic carbocycles. The van der Waals surface area contributed by atoms with Gasteiger partial charge in [-0.3, -0.25) is 62.3 Å². The molecular weight excluding hydrogens is 1410 g/mol. The first-order valence-corrected chi connectivity index (χ1v) is 35.1. The number of aromatic amines is 2. The van der Waals surface area contributed by atoms with Crippen LogP contribution in [-0.4, -0.2) is 198 Å². The summed E-state index contributed by atoms with van der Waals surface area (Å²) >= 11 is 8.39. The maximum Gasteiger partial charge on any atom is 0.305 e. The highest BCUT2D eigenvalue weighted by Crippen LogP contribution is 2.22. The summed E-state index contributed by atoms with van der Waals surface area (Å²) in [5.74, 6) is -14.4. The van der Waals surface area contributed by atoms with Crippen molar-refractivity contribution in [3.05, 3.63) is 168 Å². The number of rotatable bonds is 39. The number of phenolic OH excluding ortho intramolecular Hbond substituents is 1. The minimum absolute atomic E-state index is 0.0688. The van der Waals surface area contributed by atoms with Gasteiger partial charge in [0.15, 0.2) is 0 Å². The Morgan fingerprint density at radius 2 is 0.972 bits per heavy atom. The maximum atomic E-state index is 15.2. The number of fused-ring (bicyclic) bond motifs is 2. The lowest BCUT2D eigenvalue weighted by Crippen LogP contribution is -2.62. The van der Waals surface area contributed by atoms with Gasteiger partial charge in [0.25, 0.3) is 0 Å². The van der Waals surface area contributed by atoms with Crippen LogP contribution in [0.2, 0.25) is 0 Å². The first-order valence-electron chi connectivity index (χ1n) is 33.8. The van der Waals surface area contributed by atoms with Crippen molar-refractivity contribution in [3.63, 3.8) is 0 Å². The van der Waals surface area contributed by atoms with Crippen molar-refractivity contribution in [2.24, 2.45) is 17.4 Å². The van der Waals surface area contributed by atoms with E-state index in [1.165, 1.54) is 50.6 Å². The molecule has 0 bridgehead atoms. The minimum Gasteiger partial charge on any atom is -0.508 e. The number of benzene rings is 5. The van der Waals surface area contributed by atoms with Crippen molar-refractivity contribution in [2.75, 3.05) is 18.1 Å². The Balaban J connectivity index is 1.14. The number of carbonyl (C=O) groups excluding carboxylic acids is 12. The normalized spacial score (nSPS) is 14.6. The zero-order valence-electron chi connectivity index (χ0n) is 58.3. The summed E-state index contributed by atoms with van der Waals surface area (Å²) in [6.07, 6.45) is 0.431. The molecule has 34 heteroatoms. The van der Waals surface area contributed by atoms with Crippen LogP contribution in [0.25, 0.3) is 21.7 Å². The Kier molecular flexibility index (Phi) is 30.5. The molecule has 0 aliphatic heterocycles. The average Bonchev–Trinajstić information content (AvgIpc) is 1.55. The predicted octanol–water partition coefficient (Wildman–Crippen LogP) is -1.57. The van der Waals surface area contributed by atoms with Crippen LogP contribution < -0.4 is 70.0 Å². The molecule has 20 N–H and O–H groups in total. The van der Waals surface area contributed by atoms with E-state index in [2.05, 4.69) is 98.7 Å². The Labute approximate surface area is 619 Å². The highest BCUT2D eigenvalue weighted by Gasteiger charge is 2.38. The average molecular weight is 1500 g/mol. The van der Waals surface area contributed by atoms with Crippen LogP contribution in [0.5, 0.6) is 5.75 Å². The molecule has 7 aromatic rings. The molecule has 7 rings (SSSR count). The van der Waals surface area contributed by atoms with Crippen molar-refractivity contribution in [3.8, 4) is 5.75 Å². The van der Waals surface area contributed by atoms with E-state index in [0.717, 1.165) is 10.8 Å². The van der Waals surface area contributed by atoms with Crippen molar-refractivity contribution >= 4 is 124 Å². The summed E-state index contributed by atoms with van der Waals surface area (Å²) in [7, 11) is 0. The van der Waals surface area contributed by atoms with Gasteiger partial charge in [-0.05, 0) is 71.0 Å². The van der Waals surface area contributed by atoms with Crippen LogP contribution in [0.3, 0.4) is 0 Å². The molecule has 5 aromatic carbocycles. The molecule has 0 spiro atoms. The third-order valence-electron chi connectivity index (χ3n) is 17.0. The van der Waals surface area contributed by atoms with Crippen molar-refractivity contribution in [1.82, 2.24) is 73.4 Å². The van der Waals surface area contributed by atoms with Gasteiger partial charge in [-0.1, -0.05) is 117 Å². The second-order valence-corrected chi connectivity index (χ2v) is 26.4. The number of hydrogen-bond acceptors (Lipinski definition) is 19. The number of aliphatic hydroxyl groups excluding tert-OH is 1. The number of aliphatic hydroxyl groups is 1. The largest absolute Gasteiger partial charge is 0.508 e. The lowest BCUT2D eigenvalue weighted by molar-refractivity contribution is -0.141. The number of primary amides is 1. The van der Waals surface area contributed by atoms with E-state index >= 15 is 9.59 Å². The molecule has 0 saturated heterocycles. The molecule has 0 unspecified atom stereocenters. The first kappa shape index (κ1) is 81.9. The second kappa shape index (κ2) is 39.5. The number of imidazole rings is 1. The summed E-state index contributed by atoms with van der Waals surface area (Å²) in [5.41, 5.74) is 14.0. The number of aromatic nitrogens is 3. The molecule has 0 aliphatic rings. The van der Waals surface area contributed by atoms with Gasteiger partial charge < -0.3 is 95.2 Å². The molecule has 32 nitrogen and oxygen atoms in total. The molecule has 0 fully saturated rings. The Morgan fingerprint density at radius 1 is 0.481 bits per heavy atom. The molecule has 0 radical (unpaired) electrons. The van der Waals surface area contributed by atoms with Gasteiger partial charge in [0.1, 0.15) is 66.2 Å². The topological polar surface area (TPSA) is 511 Å². The number of nitrogens with zero attached hydrogens (tertiary/aromatic N) is 1. The number of carboxylic acid groups (broad SMARTS) is 1. The van der Waals surface area contributed by atoms with E-state index in [9.17, 15) is 68.1 Å². The lowest BCUT2D eigenvalue weighted by atomic mass is 9.98. The second-order valence-electron chi connectivity index (χ2n) is 25.7. The van der Waals surface area contributed by atoms with E-state index in [-0.39, 0.29) is 43.6 Å². The van der Waals surface area contributed by atoms with Crippen molar-refractivity contribution < 1.29 is 77.6 Å². The Hall–Kier alpha value is -11.4. The van der Waals surface area contributed by atoms with Crippen LogP contribution >= 0.6 is 25.3 Å². The van der Waals surface area contributed by atoms with Crippen LogP contribution in [0, 0.1) is 5.92 Å². The lowest BCUT2D eigenvalue weighted by Gasteiger charge is -2.29. The fraction of sp³-hybridized carbons (Fsp3) is 0.361. The van der Waals surface area contributed by atoms with E-state index in [0.29, 0.717) is 38.9 Å². The standard InChI is InChI=1S/C72H88N16O16S2/c1-37(2)60(87-68(100)53(27-42-18-21-43-14-8-9-15-44(43)24-42)81-67(99)56(30-59(92)93)80-62(94)38(3)79-63(95)49(73)34-105)71(103)86-57(35-106)70(102)82-52(26-41-19-22-47(90)23-20-41)65(97)83-54(28-45-31-76-50-17-11-10-16-48(45)50)66(98)84-55(29-46-32-75-36-78-46)69(101)88-61(39(4)89)72(104)85-51(64(96)77-33-58(74)91)25-40-12-6-5-7-13-40/h5-24,31-32,36-39,49,51-57,60-61,76,89-90,105-106H,25-30,33-35,73H2,1-4H3,(H2,74,91)(H,75,78)(H,77,96)(H,79,95)(H,80,94)(H,81,99)(H,82,102)(H,83,97)(H,84,98)(H,85,104)(H,86,103)(H,87,100)(H,88,101)(H,92,93)/t38-,39+,49-,51-,52-,53-,54-,55-,56-,57-,60-,61-/m0/s1. The molecule has 564 valence electrons. The van der Waals surface area contributed by atoms with E-state index in [1.54, 1.807) is 98.9 Å². The molecule has 12 atom stereocenters. The highest BCUT2D eigenvalue weighted by atomic mass is 32.1. The fourth-order valence-corrected chi connectivity index (χ4v) is 11.6. The third kappa shape index (κ3) is 24.4. The number of thiol groups is 2. The molecular formula is C72H88N16O16S2.